The Morgan fingerprint density at radius 1 is 1.50 bits per heavy atom. The van der Waals surface area contributed by atoms with Gasteiger partial charge in [0, 0.05) is 45.9 Å². The summed E-state index contributed by atoms with van der Waals surface area (Å²) in [6, 6.07) is 3.73. The zero-order chi connectivity index (χ0) is 14.4. The summed E-state index contributed by atoms with van der Waals surface area (Å²) in [5.74, 6) is 1.33. The first-order valence-corrected chi connectivity index (χ1v) is 6.87. The number of amides is 2. The molecule has 1 aromatic rings. The topological polar surface area (TPSA) is 66.5 Å². The number of pyridine rings is 1. The second kappa shape index (κ2) is 7.09. The summed E-state index contributed by atoms with van der Waals surface area (Å²) in [7, 11) is 3.88. The zero-order valence-electron chi connectivity index (χ0n) is 12.1. The van der Waals surface area contributed by atoms with Crippen LogP contribution in [0.25, 0.3) is 0 Å². The van der Waals surface area contributed by atoms with Gasteiger partial charge in [-0.2, -0.15) is 0 Å². The number of nitrogens with one attached hydrogen (secondary N) is 2. The minimum Gasteiger partial charge on any atom is -0.381 e. The summed E-state index contributed by atoms with van der Waals surface area (Å²) < 4.78 is 5.27. The molecule has 1 fully saturated rings. The van der Waals surface area contributed by atoms with Crippen molar-refractivity contribution >= 4 is 11.8 Å². The third-order valence-corrected chi connectivity index (χ3v) is 3.30. The Balaban J connectivity index is 1.73. The van der Waals surface area contributed by atoms with Crippen LogP contribution in [0, 0.1) is 5.92 Å². The van der Waals surface area contributed by atoms with Gasteiger partial charge < -0.3 is 20.3 Å². The fourth-order valence-corrected chi connectivity index (χ4v) is 2.04. The van der Waals surface area contributed by atoms with Crippen LogP contribution in [-0.4, -0.2) is 44.9 Å². The SMILES string of the molecule is CN(C)c1cc(CNC(=O)NC[C@H]2CCOC2)ccn1. The lowest BCUT2D eigenvalue weighted by Crippen LogP contribution is -2.38. The van der Waals surface area contributed by atoms with Crippen molar-refractivity contribution in [3.05, 3.63) is 23.9 Å². The van der Waals surface area contributed by atoms with Gasteiger partial charge in [0.25, 0.3) is 0 Å². The maximum atomic E-state index is 11.7. The second-order valence-electron chi connectivity index (χ2n) is 5.21. The van der Waals surface area contributed by atoms with Gasteiger partial charge in [-0.3, -0.25) is 0 Å². The maximum Gasteiger partial charge on any atom is 0.315 e. The van der Waals surface area contributed by atoms with Crippen molar-refractivity contribution in [1.82, 2.24) is 15.6 Å². The van der Waals surface area contributed by atoms with Crippen LogP contribution in [0.2, 0.25) is 0 Å². The van der Waals surface area contributed by atoms with Crippen LogP contribution in [0.15, 0.2) is 18.3 Å². The highest BCUT2D eigenvalue weighted by Crippen LogP contribution is 2.11. The Bertz CT molecular complexity index is 445. The lowest BCUT2D eigenvalue weighted by molar-refractivity contribution is 0.185. The molecule has 1 aliphatic heterocycles. The summed E-state index contributed by atoms with van der Waals surface area (Å²) in [6.45, 7) is 2.72. The Labute approximate surface area is 119 Å². The van der Waals surface area contributed by atoms with Gasteiger partial charge in [0.05, 0.1) is 6.61 Å². The molecule has 0 aliphatic carbocycles. The summed E-state index contributed by atoms with van der Waals surface area (Å²) in [6.07, 6.45) is 2.77. The predicted octanol–water partition coefficient (Wildman–Crippen LogP) is 0.983. The Kier molecular flexibility index (Phi) is 5.17. The molecule has 0 unspecified atom stereocenters. The average molecular weight is 278 g/mol. The Morgan fingerprint density at radius 2 is 2.35 bits per heavy atom. The van der Waals surface area contributed by atoms with E-state index in [0.29, 0.717) is 19.0 Å². The number of ether oxygens (including phenoxy) is 1. The van der Waals surface area contributed by atoms with Gasteiger partial charge in [0.15, 0.2) is 0 Å². The fourth-order valence-electron chi connectivity index (χ4n) is 2.04. The molecule has 2 rings (SSSR count). The van der Waals surface area contributed by atoms with Crippen LogP contribution < -0.4 is 15.5 Å². The van der Waals surface area contributed by atoms with Crippen LogP contribution in [-0.2, 0) is 11.3 Å². The summed E-state index contributed by atoms with van der Waals surface area (Å²) in [5.41, 5.74) is 1.03. The molecule has 0 aromatic carbocycles. The molecular weight excluding hydrogens is 256 g/mol. The number of rotatable bonds is 5. The molecule has 6 nitrogen and oxygen atoms in total. The van der Waals surface area contributed by atoms with E-state index in [4.69, 9.17) is 4.74 Å². The van der Waals surface area contributed by atoms with Gasteiger partial charge in [0.1, 0.15) is 5.82 Å². The molecule has 110 valence electrons. The Morgan fingerprint density at radius 3 is 3.05 bits per heavy atom. The molecule has 0 saturated carbocycles. The summed E-state index contributed by atoms with van der Waals surface area (Å²) >= 11 is 0. The van der Waals surface area contributed by atoms with Gasteiger partial charge >= 0.3 is 6.03 Å². The van der Waals surface area contributed by atoms with Crippen molar-refractivity contribution < 1.29 is 9.53 Å². The van der Waals surface area contributed by atoms with Crippen LogP contribution in [0.1, 0.15) is 12.0 Å². The van der Waals surface area contributed by atoms with E-state index < -0.39 is 0 Å². The van der Waals surface area contributed by atoms with Gasteiger partial charge in [-0.1, -0.05) is 0 Å². The van der Waals surface area contributed by atoms with Gasteiger partial charge in [0.2, 0.25) is 0 Å². The van der Waals surface area contributed by atoms with E-state index in [9.17, 15) is 4.79 Å². The molecule has 2 N–H and O–H groups in total. The number of anilines is 1. The van der Waals surface area contributed by atoms with E-state index in [1.807, 2.05) is 31.1 Å². The number of nitrogens with zero attached hydrogens (tertiary/aromatic N) is 2. The highest BCUT2D eigenvalue weighted by Gasteiger charge is 2.16. The predicted molar refractivity (Wildman–Crippen MR) is 77.7 cm³/mol. The monoisotopic (exact) mass is 278 g/mol. The van der Waals surface area contributed by atoms with E-state index in [1.165, 1.54) is 0 Å². The largest absolute Gasteiger partial charge is 0.381 e. The zero-order valence-corrected chi connectivity index (χ0v) is 12.1. The first-order chi connectivity index (χ1) is 9.65. The van der Waals surface area contributed by atoms with Crippen molar-refractivity contribution in [1.29, 1.82) is 0 Å². The molecule has 1 atom stereocenters. The van der Waals surface area contributed by atoms with Crippen LogP contribution in [0.5, 0.6) is 0 Å². The molecule has 2 heterocycles. The molecule has 0 bridgehead atoms. The van der Waals surface area contributed by atoms with Gasteiger partial charge in [-0.05, 0) is 24.1 Å². The first-order valence-electron chi connectivity index (χ1n) is 6.87. The molecule has 2 amide bonds. The summed E-state index contributed by atoms with van der Waals surface area (Å²) in [4.78, 5) is 17.9. The number of hydrogen-bond donors (Lipinski definition) is 2. The van der Waals surface area contributed by atoms with E-state index in [0.717, 1.165) is 31.0 Å². The maximum absolute atomic E-state index is 11.7. The van der Waals surface area contributed by atoms with Crippen molar-refractivity contribution in [3.63, 3.8) is 0 Å². The second-order valence-corrected chi connectivity index (χ2v) is 5.21. The molecular formula is C14H22N4O2. The number of aromatic nitrogens is 1. The number of carbonyl (C=O) groups is 1. The molecule has 0 spiro atoms. The van der Waals surface area contributed by atoms with E-state index >= 15 is 0 Å². The number of carbonyl (C=O) groups excluding carboxylic acids is 1. The van der Waals surface area contributed by atoms with Gasteiger partial charge in [-0.25, -0.2) is 9.78 Å². The van der Waals surface area contributed by atoms with Crippen LogP contribution in [0.3, 0.4) is 0 Å². The molecule has 20 heavy (non-hydrogen) atoms. The molecule has 1 aromatic heterocycles. The van der Waals surface area contributed by atoms with Crippen LogP contribution in [0.4, 0.5) is 10.6 Å². The van der Waals surface area contributed by atoms with Crippen molar-refractivity contribution in [2.75, 3.05) is 38.8 Å². The fraction of sp³-hybridized carbons (Fsp3) is 0.571. The van der Waals surface area contributed by atoms with Crippen LogP contribution >= 0.6 is 0 Å². The highest BCUT2D eigenvalue weighted by atomic mass is 16.5. The van der Waals surface area contributed by atoms with E-state index in [1.54, 1.807) is 6.20 Å². The highest BCUT2D eigenvalue weighted by molar-refractivity contribution is 5.73. The molecule has 1 aliphatic rings. The minimum atomic E-state index is -0.139. The lowest BCUT2D eigenvalue weighted by atomic mass is 10.1. The molecule has 6 heteroatoms. The standard InChI is InChI=1S/C14H22N4O2/c1-18(2)13-7-11(3-5-15-13)8-16-14(19)17-9-12-4-6-20-10-12/h3,5,7,12H,4,6,8-10H2,1-2H3,(H2,16,17,19)/t12-/m1/s1. The van der Waals surface area contributed by atoms with Gasteiger partial charge in [-0.15, -0.1) is 0 Å². The smallest absolute Gasteiger partial charge is 0.315 e. The summed E-state index contributed by atoms with van der Waals surface area (Å²) in [5, 5.41) is 5.73. The Hall–Kier alpha value is -1.82. The molecule has 1 saturated heterocycles. The number of hydrogen-bond acceptors (Lipinski definition) is 4. The quantitative estimate of drug-likeness (QED) is 0.842. The number of urea groups is 1. The lowest BCUT2D eigenvalue weighted by Gasteiger charge is -2.13. The first kappa shape index (κ1) is 14.6. The minimum absolute atomic E-state index is 0.139. The van der Waals surface area contributed by atoms with Crippen molar-refractivity contribution in [2.45, 2.75) is 13.0 Å². The van der Waals surface area contributed by atoms with Crippen molar-refractivity contribution in [3.8, 4) is 0 Å². The third kappa shape index (κ3) is 4.38. The average Bonchev–Trinajstić information content (AvgIpc) is 2.96. The van der Waals surface area contributed by atoms with Crippen molar-refractivity contribution in [2.24, 2.45) is 5.92 Å². The molecule has 0 radical (unpaired) electrons. The van der Waals surface area contributed by atoms with E-state index in [-0.39, 0.29) is 6.03 Å². The third-order valence-electron chi connectivity index (χ3n) is 3.30. The van der Waals surface area contributed by atoms with E-state index in [2.05, 4.69) is 15.6 Å². The normalized spacial score (nSPS) is 17.8.